The number of hydrogen-bond donors (Lipinski definition) is 0. The van der Waals surface area contributed by atoms with E-state index in [2.05, 4.69) is 163 Å². The van der Waals surface area contributed by atoms with Gasteiger partial charge in [0.05, 0.1) is 5.41 Å². The van der Waals surface area contributed by atoms with E-state index in [1.807, 2.05) is 6.07 Å². The van der Waals surface area contributed by atoms with E-state index in [0.29, 0.717) is 0 Å². The van der Waals surface area contributed by atoms with E-state index >= 15 is 0 Å². The number of anilines is 3. The van der Waals surface area contributed by atoms with Gasteiger partial charge in [-0.2, -0.15) is 0 Å². The van der Waals surface area contributed by atoms with Crippen molar-refractivity contribution < 1.29 is 4.42 Å². The van der Waals surface area contributed by atoms with Crippen LogP contribution in [0.5, 0.6) is 0 Å². The number of fused-ring (bicyclic) bond motifs is 9. The molecule has 1 unspecified atom stereocenters. The molecule has 3 aliphatic rings. The normalized spacial score (nSPS) is 15.8. The van der Waals surface area contributed by atoms with Crippen LogP contribution in [0.1, 0.15) is 22.3 Å². The predicted octanol–water partition coefficient (Wildman–Crippen LogP) is 12.5. The molecule has 1 spiro atoms. The second kappa shape index (κ2) is 8.94. The Morgan fingerprint density at radius 3 is 1.78 bits per heavy atom. The Bertz CT molecular complexity index is 2870. The topological polar surface area (TPSA) is 16.4 Å². The highest BCUT2D eigenvalue weighted by molar-refractivity contribution is 6.08. The molecule has 3 aliphatic carbocycles. The van der Waals surface area contributed by atoms with E-state index in [0.717, 1.165) is 39.0 Å². The van der Waals surface area contributed by atoms with Crippen molar-refractivity contribution in [3.63, 3.8) is 0 Å². The molecule has 49 heavy (non-hydrogen) atoms. The molecular weight excluding hydrogens is 595 g/mol. The second-order valence-electron chi connectivity index (χ2n) is 13.6. The molecule has 0 fully saturated rings. The Hall–Kier alpha value is -6.38. The second-order valence-corrected chi connectivity index (χ2v) is 13.6. The lowest BCUT2D eigenvalue weighted by atomic mass is 9.73. The van der Waals surface area contributed by atoms with E-state index < -0.39 is 0 Å². The molecule has 0 saturated carbocycles. The molecule has 1 atom stereocenters. The van der Waals surface area contributed by atoms with Crippen LogP contribution in [0.4, 0.5) is 17.1 Å². The van der Waals surface area contributed by atoms with Gasteiger partial charge in [-0.1, -0.05) is 115 Å². The SMILES string of the molecule is c1ccc2c(c1)-c1cccc3c1C21c2cc(N(c4ccc5ccccc5c4)c4ccc5c(c4)oc4ccccc45)ccc2-c2cccc-3c21. The molecule has 0 radical (unpaired) electrons. The Kier molecular flexibility index (Phi) is 4.69. The summed E-state index contributed by atoms with van der Waals surface area (Å²) >= 11 is 0. The predicted molar refractivity (Wildman–Crippen MR) is 201 cm³/mol. The maximum atomic E-state index is 6.43. The molecule has 0 amide bonds. The highest BCUT2D eigenvalue weighted by Crippen LogP contribution is 2.70. The maximum absolute atomic E-state index is 6.43. The third-order valence-electron chi connectivity index (χ3n) is 11.4. The van der Waals surface area contributed by atoms with Crippen molar-refractivity contribution in [1.82, 2.24) is 0 Å². The molecule has 1 aromatic heterocycles. The van der Waals surface area contributed by atoms with Crippen molar-refractivity contribution in [3.05, 3.63) is 186 Å². The molecule has 0 saturated heterocycles. The van der Waals surface area contributed by atoms with Crippen LogP contribution in [0.2, 0.25) is 0 Å². The minimum Gasteiger partial charge on any atom is -0.456 e. The van der Waals surface area contributed by atoms with Crippen molar-refractivity contribution in [1.29, 1.82) is 0 Å². The van der Waals surface area contributed by atoms with Gasteiger partial charge in [-0.05, 0) is 109 Å². The maximum Gasteiger partial charge on any atom is 0.137 e. The van der Waals surface area contributed by atoms with Gasteiger partial charge < -0.3 is 9.32 Å². The van der Waals surface area contributed by atoms with Gasteiger partial charge in [-0.15, -0.1) is 0 Å². The van der Waals surface area contributed by atoms with E-state index in [1.54, 1.807) is 0 Å². The summed E-state index contributed by atoms with van der Waals surface area (Å²) in [6, 6.07) is 60.4. The minimum absolute atomic E-state index is 0.336. The Morgan fingerprint density at radius 2 is 0.939 bits per heavy atom. The zero-order valence-corrected chi connectivity index (χ0v) is 26.4. The van der Waals surface area contributed by atoms with Gasteiger partial charge >= 0.3 is 0 Å². The Morgan fingerprint density at radius 1 is 0.367 bits per heavy atom. The van der Waals surface area contributed by atoms with Crippen molar-refractivity contribution >= 4 is 49.8 Å². The van der Waals surface area contributed by atoms with E-state index in [-0.39, 0.29) is 5.41 Å². The zero-order valence-electron chi connectivity index (χ0n) is 26.4. The van der Waals surface area contributed by atoms with Crippen LogP contribution in [0.15, 0.2) is 168 Å². The number of nitrogens with zero attached hydrogens (tertiary/aromatic N) is 1. The lowest BCUT2D eigenvalue weighted by molar-refractivity contribution is 0.669. The minimum atomic E-state index is -0.336. The molecule has 226 valence electrons. The Balaban J connectivity index is 1.15. The summed E-state index contributed by atoms with van der Waals surface area (Å²) in [5.74, 6) is 0. The average Bonchev–Trinajstić information content (AvgIpc) is 3.86. The third-order valence-corrected chi connectivity index (χ3v) is 11.4. The first-order valence-corrected chi connectivity index (χ1v) is 17.0. The van der Waals surface area contributed by atoms with Gasteiger partial charge in [0.15, 0.2) is 0 Å². The fourth-order valence-corrected chi connectivity index (χ4v) is 9.50. The first-order chi connectivity index (χ1) is 24.3. The van der Waals surface area contributed by atoms with Gasteiger partial charge in [0.25, 0.3) is 0 Å². The molecule has 2 nitrogen and oxygen atoms in total. The number of benzene rings is 8. The van der Waals surface area contributed by atoms with Gasteiger partial charge in [-0.3, -0.25) is 0 Å². The quantitative estimate of drug-likeness (QED) is 0.195. The average molecular weight is 622 g/mol. The molecule has 12 rings (SSSR count). The largest absolute Gasteiger partial charge is 0.456 e. The van der Waals surface area contributed by atoms with E-state index in [1.165, 1.54) is 66.4 Å². The first-order valence-electron chi connectivity index (χ1n) is 17.0. The summed E-state index contributed by atoms with van der Waals surface area (Å²) in [7, 11) is 0. The van der Waals surface area contributed by atoms with Crippen LogP contribution in [0, 0.1) is 0 Å². The molecule has 9 aromatic rings. The third kappa shape index (κ3) is 3.08. The molecule has 2 heteroatoms. The van der Waals surface area contributed by atoms with Crippen molar-refractivity contribution in [2.75, 3.05) is 4.90 Å². The number of para-hydroxylation sites is 1. The summed E-state index contributed by atoms with van der Waals surface area (Å²) in [6.07, 6.45) is 0. The molecule has 0 aliphatic heterocycles. The summed E-state index contributed by atoms with van der Waals surface area (Å²) in [5, 5.41) is 4.71. The highest BCUT2D eigenvalue weighted by atomic mass is 16.3. The highest BCUT2D eigenvalue weighted by Gasteiger charge is 2.57. The summed E-state index contributed by atoms with van der Waals surface area (Å²) in [4.78, 5) is 2.41. The van der Waals surface area contributed by atoms with Crippen LogP contribution in [0.25, 0.3) is 66.1 Å². The van der Waals surface area contributed by atoms with Crippen LogP contribution in [0.3, 0.4) is 0 Å². The smallest absolute Gasteiger partial charge is 0.137 e. The van der Waals surface area contributed by atoms with E-state index in [4.69, 9.17) is 4.42 Å². The van der Waals surface area contributed by atoms with Gasteiger partial charge in [0.1, 0.15) is 11.2 Å². The molecule has 8 aromatic carbocycles. The molecule has 1 heterocycles. The standard InChI is InChI=1S/C47H27NO/c1-2-10-29-25-30(20-19-28(29)9-1)48(32-22-24-36-35-12-4-6-18-43(35)49-44(36)27-32)31-21-23-34-38-14-8-16-40-39-15-7-13-37-33-11-3-5-17-41(33)47(45(37)39,46(38)40)42(34)26-31/h1-27H. The number of furan rings is 1. The molecule has 0 N–H and O–H groups in total. The fourth-order valence-electron chi connectivity index (χ4n) is 9.50. The van der Waals surface area contributed by atoms with Crippen molar-refractivity contribution in [3.8, 4) is 33.4 Å². The zero-order chi connectivity index (χ0) is 31.8. The molecule has 0 bridgehead atoms. The summed E-state index contributed by atoms with van der Waals surface area (Å²) < 4.78 is 6.43. The van der Waals surface area contributed by atoms with Crippen molar-refractivity contribution in [2.45, 2.75) is 5.41 Å². The number of rotatable bonds is 3. The van der Waals surface area contributed by atoms with Crippen molar-refractivity contribution in [2.24, 2.45) is 0 Å². The number of hydrogen-bond acceptors (Lipinski definition) is 2. The van der Waals surface area contributed by atoms with Crippen LogP contribution < -0.4 is 4.90 Å². The monoisotopic (exact) mass is 621 g/mol. The van der Waals surface area contributed by atoms with Gasteiger partial charge in [0, 0.05) is 33.9 Å². The summed E-state index contributed by atoms with van der Waals surface area (Å²) in [5.41, 5.74) is 18.5. The van der Waals surface area contributed by atoms with Gasteiger partial charge in [-0.25, -0.2) is 0 Å². The van der Waals surface area contributed by atoms with Crippen LogP contribution in [-0.4, -0.2) is 0 Å². The molecular formula is C47H27NO. The van der Waals surface area contributed by atoms with Crippen LogP contribution in [-0.2, 0) is 5.41 Å². The fraction of sp³-hybridized carbons (Fsp3) is 0.0213. The van der Waals surface area contributed by atoms with E-state index in [9.17, 15) is 0 Å². The van der Waals surface area contributed by atoms with Crippen LogP contribution >= 0.6 is 0 Å². The summed E-state index contributed by atoms with van der Waals surface area (Å²) in [6.45, 7) is 0. The Labute approximate surface area is 283 Å². The lowest BCUT2D eigenvalue weighted by Crippen LogP contribution is -2.23. The lowest BCUT2D eigenvalue weighted by Gasteiger charge is -2.30. The first kappa shape index (κ1) is 25.7. The van der Waals surface area contributed by atoms with Gasteiger partial charge in [0.2, 0.25) is 0 Å².